The van der Waals surface area contributed by atoms with Crippen LogP contribution in [0.4, 0.5) is 5.82 Å². The smallest absolute Gasteiger partial charge is 0.191 e. The molecule has 0 amide bonds. The van der Waals surface area contributed by atoms with Gasteiger partial charge in [0.1, 0.15) is 5.82 Å². The molecule has 0 unspecified atom stereocenters. The van der Waals surface area contributed by atoms with Crippen molar-refractivity contribution in [3.63, 3.8) is 0 Å². The average Bonchev–Trinajstić information content (AvgIpc) is 3.08. The lowest BCUT2D eigenvalue weighted by Crippen LogP contribution is -2.37. The molecule has 3 heterocycles. The van der Waals surface area contributed by atoms with Crippen LogP contribution < -0.4 is 4.90 Å². The molecule has 0 saturated carbocycles. The summed E-state index contributed by atoms with van der Waals surface area (Å²) in [5.74, 6) is 2.82. The molecule has 2 aromatic heterocycles. The highest BCUT2D eigenvalue weighted by molar-refractivity contribution is 7.98. The maximum Gasteiger partial charge on any atom is 0.191 e. The molecule has 0 atom stereocenters. The molecule has 1 aromatic carbocycles. The fourth-order valence-electron chi connectivity index (χ4n) is 3.32. The van der Waals surface area contributed by atoms with E-state index < -0.39 is 0 Å². The van der Waals surface area contributed by atoms with Gasteiger partial charge < -0.3 is 14.2 Å². The number of imidazole rings is 1. The van der Waals surface area contributed by atoms with Crippen LogP contribution in [0.15, 0.2) is 34.3 Å². The number of aromatic nitrogens is 4. The van der Waals surface area contributed by atoms with Crippen LogP contribution in [-0.2, 0) is 24.0 Å². The van der Waals surface area contributed by atoms with Gasteiger partial charge in [-0.25, -0.2) is 15.0 Å². The van der Waals surface area contributed by atoms with Crippen molar-refractivity contribution >= 4 is 40.5 Å². The van der Waals surface area contributed by atoms with E-state index in [0.29, 0.717) is 0 Å². The van der Waals surface area contributed by atoms with Crippen LogP contribution in [0.2, 0.25) is 0 Å². The Morgan fingerprint density at radius 3 is 2.50 bits per heavy atom. The molecule has 0 aliphatic carbocycles. The van der Waals surface area contributed by atoms with Crippen molar-refractivity contribution in [2.24, 2.45) is 7.05 Å². The van der Waals surface area contributed by atoms with Crippen LogP contribution in [0.25, 0.3) is 11.2 Å². The molecule has 148 valence electrons. The van der Waals surface area contributed by atoms with Crippen molar-refractivity contribution in [3.05, 3.63) is 35.7 Å². The zero-order chi connectivity index (χ0) is 19.5. The molecule has 0 bridgehead atoms. The van der Waals surface area contributed by atoms with Crippen molar-refractivity contribution in [3.8, 4) is 0 Å². The highest BCUT2D eigenvalue weighted by atomic mass is 32.2. The predicted octanol–water partition coefficient (Wildman–Crippen LogP) is 3.78. The lowest BCUT2D eigenvalue weighted by molar-refractivity contribution is 0.122. The summed E-state index contributed by atoms with van der Waals surface area (Å²) in [6.45, 7) is 5.25. The van der Waals surface area contributed by atoms with Gasteiger partial charge in [0.25, 0.3) is 0 Å². The Bertz CT molecular complexity index is 951. The standard InChI is InChI=1S/C20H25N5OS2/c1-4-16-21-17-18(24(16)2)22-20(23-19(17)25-9-11-26-12-10-25)28-13-14-5-7-15(27-3)8-6-14/h5-8H,4,9-13H2,1-3H3. The van der Waals surface area contributed by atoms with E-state index >= 15 is 0 Å². The molecule has 0 N–H and O–H groups in total. The summed E-state index contributed by atoms with van der Waals surface area (Å²) < 4.78 is 7.62. The lowest BCUT2D eigenvalue weighted by atomic mass is 10.2. The first-order chi connectivity index (χ1) is 13.7. The van der Waals surface area contributed by atoms with Gasteiger partial charge in [0.05, 0.1) is 13.2 Å². The fraction of sp³-hybridized carbons (Fsp3) is 0.450. The highest BCUT2D eigenvalue weighted by Crippen LogP contribution is 2.29. The SMILES string of the molecule is CCc1nc2c(N3CCOCC3)nc(SCc3ccc(SC)cc3)nc2n1C. The van der Waals surface area contributed by atoms with E-state index in [2.05, 4.69) is 46.9 Å². The third-order valence-electron chi connectivity index (χ3n) is 4.93. The van der Waals surface area contributed by atoms with Crippen molar-refractivity contribution in [1.82, 2.24) is 19.5 Å². The minimum atomic E-state index is 0.725. The van der Waals surface area contributed by atoms with Gasteiger partial charge in [-0.05, 0) is 24.0 Å². The van der Waals surface area contributed by atoms with Gasteiger partial charge in [-0.2, -0.15) is 0 Å². The number of aryl methyl sites for hydroxylation is 2. The van der Waals surface area contributed by atoms with E-state index in [0.717, 1.165) is 66.4 Å². The molecule has 28 heavy (non-hydrogen) atoms. The molecule has 1 saturated heterocycles. The topological polar surface area (TPSA) is 56.1 Å². The molecule has 1 aliphatic rings. The fourth-order valence-corrected chi connectivity index (χ4v) is 4.52. The van der Waals surface area contributed by atoms with Crippen LogP contribution in [0.5, 0.6) is 0 Å². The number of hydrogen-bond acceptors (Lipinski definition) is 7. The van der Waals surface area contributed by atoms with Gasteiger partial charge in [0.2, 0.25) is 0 Å². The number of benzene rings is 1. The van der Waals surface area contributed by atoms with Gasteiger partial charge >= 0.3 is 0 Å². The summed E-state index contributed by atoms with van der Waals surface area (Å²) in [5, 5.41) is 0.800. The number of hydrogen-bond donors (Lipinski definition) is 0. The first-order valence-corrected chi connectivity index (χ1v) is 11.7. The average molecular weight is 416 g/mol. The second kappa shape index (κ2) is 8.71. The minimum absolute atomic E-state index is 0.725. The molecule has 3 aromatic rings. The van der Waals surface area contributed by atoms with Crippen molar-refractivity contribution in [1.29, 1.82) is 0 Å². The maximum atomic E-state index is 5.52. The Morgan fingerprint density at radius 2 is 1.82 bits per heavy atom. The number of fused-ring (bicyclic) bond motifs is 1. The minimum Gasteiger partial charge on any atom is -0.378 e. The first-order valence-electron chi connectivity index (χ1n) is 9.51. The van der Waals surface area contributed by atoms with Gasteiger partial charge in [-0.3, -0.25) is 0 Å². The maximum absolute atomic E-state index is 5.52. The third kappa shape index (κ3) is 3.99. The highest BCUT2D eigenvalue weighted by Gasteiger charge is 2.21. The third-order valence-corrected chi connectivity index (χ3v) is 6.59. The largest absolute Gasteiger partial charge is 0.378 e. The van der Waals surface area contributed by atoms with Gasteiger partial charge in [0, 0.05) is 37.2 Å². The molecule has 6 nitrogen and oxygen atoms in total. The molecular formula is C20H25N5OS2. The summed E-state index contributed by atoms with van der Waals surface area (Å²) in [5.41, 5.74) is 3.09. The van der Waals surface area contributed by atoms with E-state index in [9.17, 15) is 0 Å². The monoisotopic (exact) mass is 415 g/mol. The van der Waals surface area contributed by atoms with Gasteiger partial charge in [-0.15, -0.1) is 11.8 Å². The Hall–Kier alpha value is -1.77. The van der Waals surface area contributed by atoms with E-state index in [1.165, 1.54) is 10.5 Å². The normalized spacial score (nSPS) is 14.8. The Labute approximate surface area is 174 Å². The molecule has 8 heteroatoms. The van der Waals surface area contributed by atoms with E-state index in [1.54, 1.807) is 23.5 Å². The number of morpholine rings is 1. The van der Waals surface area contributed by atoms with Crippen LogP contribution in [-0.4, -0.2) is 52.1 Å². The molecule has 1 fully saturated rings. The van der Waals surface area contributed by atoms with Crippen LogP contribution in [0.1, 0.15) is 18.3 Å². The van der Waals surface area contributed by atoms with Crippen LogP contribution in [0, 0.1) is 0 Å². The summed E-state index contributed by atoms with van der Waals surface area (Å²) in [4.78, 5) is 18.1. The number of anilines is 1. The van der Waals surface area contributed by atoms with Crippen molar-refractivity contribution in [2.75, 3.05) is 37.5 Å². The summed E-state index contributed by atoms with van der Waals surface area (Å²) >= 11 is 3.44. The molecule has 1 aliphatic heterocycles. The number of ether oxygens (including phenoxy) is 1. The van der Waals surface area contributed by atoms with E-state index in [4.69, 9.17) is 19.7 Å². The number of nitrogens with zero attached hydrogens (tertiary/aromatic N) is 5. The zero-order valence-electron chi connectivity index (χ0n) is 16.5. The lowest BCUT2D eigenvalue weighted by Gasteiger charge is -2.28. The molecular weight excluding hydrogens is 390 g/mol. The summed E-state index contributed by atoms with van der Waals surface area (Å²) in [6.07, 6.45) is 2.97. The molecule has 0 spiro atoms. The zero-order valence-corrected chi connectivity index (χ0v) is 18.1. The van der Waals surface area contributed by atoms with Crippen LogP contribution >= 0.6 is 23.5 Å². The summed E-state index contributed by atoms with van der Waals surface area (Å²) in [6, 6.07) is 8.69. The first kappa shape index (κ1) is 19.5. The number of rotatable bonds is 6. The Kier molecular flexibility index (Phi) is 6.08. The Balaban J connectivity index is 1.66. The van der Waals surface area contributed by atoms with Crippen molar-refractivity contribution in [2.45, 2.75) is 29.1 Å². The second-order valence-corrected chi connectivity index (χ2v) is 8.50. The Morgan fingerprint density at radius 1 is 1.07 bits per heavy atom. The molecule has 4 rings (SSSR count). The summed E-state index contributed by atoms with van der Waals surface area (Å²) in [7, 11) is 2.04. The predicted molar refractivity (Wildman–Crippen MR) is 116 cm³/mol. The van der Waals surface area contributed by atoms with E-state index in [-0.39, 0.29) is 0 Å². The van der Waals surface area contributed by atoms with Gasteiger partial charge in [0.15, 0.2) is 22.1 Å². The van der Waals surface area contributed by atoms with Crippen molar-refractivity contribution < 1.29 is 4.74 Å². The van der Waals surface area contributed by atoms with E-state index in [1.807, 2.05) is 7.05 Å². The van der Waals surface area contributed by atoms with Crippen LogP contribution in [0.3, 0.4) is 0 Å². The van der Waals surface area contributed by atoms with Gasteiger partial charge in [-0.1, -0.05) is 30.8 Å². The second-order valence-electron chi connectivity index (χ2n) is 6.68. The molecule has 0 radical (unpaired) electrons. The number of thioether (sulfide) groups is 2. The quantitative estimate of drug-likeness (QED) is 0.449.